The molecule has 0 saturated carbocycles. The third kappa shape index (κ3) is 6.95. The predicted octanol–water partition coefficient (Wildman–Crippen LogP) is 4.63. The Morgan fingerprint density at radius 1 is 1.38 bits per heavy atom. The second-order valence-corrected chi connectivity index (χ2v) is 8.72. The van der Waals surface area contributed by atoms with Crippen LogP contribution < -0.4 is 10.1 Å². The van der Waals surface area contributed by atoms with Crippen LogP contribution >= 0.6 is 0 Å². The number of carbonyl (C=O) groups excluding carboxylic acids is 1. The van der Waals surface area contributed by atoms with Gasteiger partial charge in [0.15, 0.2) is 0 Å². The highest BCUT2D eigenvalue weighted by molar-refractivity contribution is 5.82. The maximum absolute atomic E-state index is 13.2. The summed E-state index contributed by atoms with van der Waals surface area (Å²) < 4.78 is 44.9. The van der Waals surface area contributed by atoms with Crippen molar-refractivity contribution in [2.24, 2.45) is 11.3 Å². The molecule has 5 nitrogen and oxygen atoms in total. The minimum Gasteiger partial charge on any atom is -0.476 e. The molecule has 1 aliphatic heterocycles. The van der Waals surface area contributed by atoms with E-state index in [9.17, 15) is 18.0 Å². The van der Waals surface area contributed by atoms with Gasteiger partial charge in [0.1, 0.15) is 12.2 Å². The lowest BCUT2D eigenvalue weighted by molar-refractivity contribution is -0.139. The fourth-order valence-electron chi connectivity index (χ4n) is 3.48. The Morgan fingerprint density at radius 3 is 2.75 bits per heavy atom. The highest BCUT2D eigenvalue weighted by Gasteiger charge is 2.38. The van der Waals surface area contributed by atoms with Gasteiger partial charge in [-0.05, 0) is 58.5 Å². The molecular weight excluding hydrogens is 419 g/mol. The van der Waals surface area contributed by atoms with Gasteiger partial charge in [0.2, 0.25) is 11.8 Å². The van der Waals surface area contributed by atoms with Crippen molar-refractivity contribution in [2.45, 2.75) is 39.4 Å². The number of carbonyl (C=O) groups is 1. The first-order valence-electron chi connectivity index (χ1n) is 10.6. The van der Waals surface area contributed by atoms with E-state index in [4.69, 9.17) is 4.74 Å². The van der Waals surface area contributed by atoms with Crippen LogP contribution in [-0.2, 0) is 11.0 Å². The van der Waals surface area contributed by atoms with Gasteiger partial charge in [0.25, 0.3) is 0 Å². The van der Waals surface area contributed by atoms with Gasteiger partial charge in [0, 0.05) is 24.7 Å². The van der Waals surface area contributed by atoms with Crippen LogP contribution in [0.3, 0.4) is 0 Å². The molecule has 0 bridgehead atoms. The van der Waals surface area contributed by atoms with Gasteiger partial charge in [-0.15, -0.1) is 0 Å². The number of rotatable bonds is 8. The molecule has 2 heterocycles. The van der Waals surface area contributed by atoms with Crippen LogP contribution in [-0.4, -0.2) is 48.6 Å². The Labute approximate surface area is 188 Å². The number of nitrogens with zero attached hydrogens (tertiary/aromatic N) is 2. The summed E-state index contributed by atoms with van der Waals surface area (Å²) in [5.41, 5.74) is -1.11. The van der Waals surface area contributed by atoms with Crippen LogP contribution in [0, 0.1) is 11.3 Å². The zero-order valence-corrected chi connectivity index (χ0v) is 19.1. The molecule has 1 aromatic heterocycles. The first kappa shape index (κ1) is 25.6. The van der Waals surface area contributed by atoms with Gasteiger partial charge in [-0.1, -0.05) is 30.9 Å². The maximum atomic E-state index is 13.2. The Morgan fingerprint density at radius 2 is 2.09 bits per heavy atom. The summed E-state index contributed by atoms with van der Waals surface area (Å²) in [6, 6.07) is 1.98. The third-order valence-corrected chi connectivity index (χ3v) is 5.48. The Bertz CT molecular complexity index is 862. The fourth-order valence-corrected chi connectivity index (χ4v) is 3.48. The van der Waals surface area contributed by atoms with Crippen molar-refractivity contribution in [3.63, 3.8) is 0 Å². The number of ether oxygens (including phenoxy) is 1. The number of amides is 1. The van der Waals surface area contributed by atoms with Crippen molar-refractivity contribution in [3.8, 4) is 5.88 Å². The van der Waals surface area contributed by atoms with Crippen molar-refractivity contribution in [1.29, 1.82) is 0 Å². The first-order valence-corrected chi connectivity index (χ1v) is 10.6. The second-order valence-electron chi connectivity index (χ2n) is 8.72. The summed E-state index contributed by atoms with van der Waals surface area (Å²) >= 11 is 0. The summed E-state index contributed by atoms with van der Waals surface area (Å²) in [6.07, 6.45) is 5.09. The van der Waals surface area contributed by atoms with Crippen LogP contribution in [0.15, 0.2) is 54.8 Å². The minimum atomic E-state index is -4.59. The summed E-state index contributed by atoms with van der Waals surface area (Å²) in [7, 11) is 2.02. The molecule has 1 amide bonds. The molecule has 32 heavy (non-hydrogen) atoms. The molecule has 0 aliphatic carbocycles. The van der Waals surface area contributed by atoms with E-state index in [0.29, 0.717) is 0 Å². The average molecular weight is 452 g/mol. The fraction of sp³-hybridized carbons (Fsp3) is 0.500. The van der Waals surface area contributed by atoms with Crippen molar-refractivity contribution >= 4 is 5.91 Å². The molecule has 2 rings (SSSR count). The number of hydrogen-bond donors (Lipinski definition) is 1. The van der Waals surface area contributed by atoms with Crippen LogP contribution in [0.5, 0.6) is 5.88 Å². The molecule has 1 fully saturated rings. The van der Waals surface area contributed by atoms with Gasteiger partial charge in [0.05, 0.1) is 5.41 Å². The molecule has 0 aromatic carbocycles. The SMILES string of the molecule is C=C(/C=C\C=C/C)[C@@H]1CN(C)CC[C@@H]1NC(=O)C(C)(C)COc1ncccc1C(F)(F)F. The van der Waals surface area contributed by atoms with E-state index >= 15 is 0 Å². The smallest absolute Gasteiger partial charge is 0.421 e. The van der Waals surface area contributed by atoms with Gasteiger partial charge >= 0.3 is 6.18 Å². The second kappa shape index (κ2) is 10.8. The van der Waals surface area contributed by atoms with Gasteiger partial charge in [-0.3, -0.25) is 4.79 Å². The Kier molecular flexibility index (Phi) is 8.66. The lowest BCUT2D eigenvalue weighted by Gasteiger charge is -2.39. The van der Waals surface area contributed by atoms with Gasteiger partial charge < -0.3 is 15.0 Å². The highest BCUT2D eigenvalue weighted by Crippen LogP contribution is 2.35. The zero-order valence-electron chi connectivity index (χ0n) is 19.1. The lowest BCUT2D eigenvalue weighted by atomic mass is 9.84. The van der Waals surface area contributed by atoms with Crippen LogP contribution in [0.4, 0.5) is 13.2 Å². The molecule has 0 spiro atoms. The normalized spacial score (nSPS) is 20.6. The number of hydrogen-bond acceptors (Lipinski definition) is 4. The van der Waals surface area contributed by atoms with E-state index in [1.54, 1.807) is 13.8 Å². The molecule has 1 N–H and O–H groups in total. The minimum absolute atomic E-state index is 0.0311. The van der Waals surface area contributed by atoms with E-state index in [1.165, 1.54) is 12.3 Å². The first-order chi connectivity index (χ1) is 15.0. The molecule has 2 atom stereocenters. The standard InChI is InChI=1S/C24H32F3N3O2/c1-6-7-8-10-17(2)18-15-30(5)14-12-20(18)29-22(31)23(3,4)16-32-21-19(24(25,26)27)11-9-13-28-21/h6-11,13,18,20H,2,12,14-16H2,1,3-5H3,(H,29,31)/b7-6-,10-8-/t18-,20-/m0/s1. The highest BCUT2D eigenvalue weighted by atomic mass is 19.4. The van der Waals surface area contributed by atoms with Crippen molar-refractivity contribution in [2.75, 3.05) is 26.7 Å². The predicted molar refractivity (Wildman–Crippen MR) is 119 cm³/mol. The summed E-state index contributed by atoms with van der Waals surface area (Å²) in [5, 5.41) is 3.08. The number of nitrogens with one attached hydrogen (secondary N) is 1. The molecular formula is C24H32F3N3O2. The summed E-state index contributed by atoms with van der Waals surface area (Å²) in [6.45, 7) is 10.7. The van der Waals surface area contributed by atoms with E-state index in [-0.39, 0.29) is 24.5 Å². The van der Waals surface area contributed by atoms with E-state index in [1.807, 2.05) is 38.3 Å². The third-order valence-electron chi connectivity index (χ3n) is 5.48. The monoisotopic (exact) mass is 451 g/mol. The molecule has 0 radical (unpaired) electrons. The van der Waals surface area contributed by atoms with E-state index in [0.717, 1.165) is 31.1 Å². The molecule has 1 aliphatic rings. The van der Waals surface area contributed by atoms with Gasteiger partial charge in [-0.2, -0.15) is 13.2 Å². The molecule has 8 heteroatoms. The van der Waals surface area contributed by atoms with Crippen molar-refractivity contribution in [3.05, 3.63) is 60.3 Å². The number of pyridine rings is 1. The van der Waals surface area contributed by atoms with Crippen molar-refractivity contribution < 1.29 is 22.7 Å². The Hall–Kier alpha value is -2.61. The average Bonchev–Trinajstić information content (AvgIpc) is 2.73. The Balaban J connectivity index is 2.08. The van der Waals surface area contributed by atoms with Crippen LogP contribution in [0.2, 0.25) is 0 Å². The quantitative estimate of drug-likeness (QED) is 0.586. The number of halogens is 3. The molecule has 1 aromatic rings. The topological polar surface area (TPSA) is 54.5 Å². The van der Waals surface area contributed by atoms with Gasteiger partial charge in [-0.25, -0.2) is 4.98 Å². The van der Waals surface area contributed by atoms with Crippen molar-refractivity contribution in [1.82, 2.24) is 15.2 Å². The number of allylic oxidation sites excluding steroid dienone is 4. The number of likely N-dealkylation sites (tertiary alicyclic amines) is 1. The summed E-state index contributed by atoms with van der Waals surface area (Å²) in [4.78, 5) is 18.9. The maximum Gasteiger partial charge on any atom is 0.421 e. The molecule has 1 saturated heterocycles. The van der Waals surface area contributed by atoms with E-state index in [2.05, 4.69) is 21.8 Å². The summed E-state index contributed by atoms with van der Waals surface area (Å²) in [5.74, 6) is -0.782. The molecule has 176 valence electrons. The van der Waals surface area contributed by atoms with Crippen LogP contribution in [0.1, 0.15) is 32.8 Å². The number of piperidine rings is 1. The lowest BCUT2D eigenvalue weighted by Crippen LogP contribution is -2.53. The number of alkyl halides is 3. The molecule has 0 unspecified atom stereocenters. The van der Waals surface area contributed by atoms with E-state index < -0.39 is 23.0 Å². The largest absolute Gasteiger partial charge is 0.476 e. The zero-order chi connectivity index (χ0) is 23.9. The van der Waals surface area contributed by atoms with Crippen LogP contribution in [0.25, 0.3) is 0 Å². The number of aromatic nitrogens is 1.